The zero-order valence-electron chi connectivity index (χ0n) is 15.3. The van der Waals surface area contributed by atoms with Gasteiger partial charge in [-0.05, 0) is 34.6 Å². The summed E-state index contributed by atoms with van der Waals surface area (Å²) in [6, 6.07) is 23.2. The molecule has 0 aromatic heterocycles. The predicted octanol–water partition coefficient (Wildman–Crippen LogP) is 3.50. The average molecular weight is 391 g/mol. The van der Waals surface area contributed by atoms with E-state index in [0.29, 0.717) is 17.2 Å². The minimum atomic E-state index is -0.294. The number of benzene rings is 3. The maximum Gasteiger partial charge on any atom is 0.238 e. The lowest BCUT2D eigenvalue weighted by atomic mass is 10.0. The molecule has 1 amide bonds. The summed E-state index contributed by atoms with van der Waals surface area (Å²) in [5.74, 6) is -0.358. The Morgan fingerprint density at radius 3 is 2.29 bits per heavy atom. The second kappa shape index (κ2) is 9.62. The molecule has 0 bridgehead atoms. The van der Waals surface area contributed by atoms with Crippen LogP contribution >= 0.6 is 12.2 Å². The third-order valence-corrected chi connectivity index (χ3v) is 4.51. The second-order valence-corrected chi connectivity index (χ2v) is 6.73. The van der Waals surface area contributed by atoms with Gasteiger partial charge in [0.15, 0.2) is 10.9 Å². The predicted molar refractivity (Wildman–Crippen MR) is 115 cm³/mol. The number of hydrogen-bond acceptors (Lipinski definition) is 3. The third-order valence-electron chi connectivity index (χ3n) is 4.26. The summed E-state index contributed by atoms with van der Waals surface area (Å²) in [6.45, 7) is 0.559. The van der Waals surface area contributed by atoms with Crippen LogP contribution in [-0.2, 0) is 11.3 Å². The topological polar surface area (TPSA) is 70.2 Å². The Balaban J connectivity index is 1.40. The molecule has 3 N–H and O–H groups in total. The van der Waals surface area contributed by atoms with Crippen molar-refractivity contribution in [2.75, 3.05) is 0 Å². The second-order valence-electron chi connectivity index (χ2n) is 6.33. The fourth-order valence-corrected chi connectivity index (χ4v) is 2.87. The quantitative estimate of drug-likeness (QED) is 0.341. The molecular formula is C22H21N3O2S. The van der Waals surface area contributed by atoms with Crippen molar-refractivity contribution in [2.45, 2.75) is 19.4 Å². The van der Waals surface area contributed by atoms with Crippen LogP contribution < -0.4 is 16.2 Å². The summed E-state index contributed by atoms with van der Waals surface area (Å²) in [5.41, 5.74) is 6.85. The van der Waals surface area contributed by atoms with Crippen molar-refractivity contribution in [3.05, 3.63) is 83.9 Å². The lowest BCUT2D eigenvalue weighted by molar-refractivity contribution is -0.121. The van der Waals surface area contributed by atoms with E-state index in [4.69, 9.17) is 12.2 Å². The molecule has 142 valence electrons. The van der Waals surface area contributed by atoms with Gasteiger partial charge in [0.1, 0.15) is 0 Å². The van der Waals surface area contributed by atoms with Crippen LogP contribution in [0.4, 0.5) is 0 Å². The summed E-state index contributed by atoms with van der Waals surface area (Å²) in [7, 11) is 0. The highest BCUT2D eigenvalue weighted by molar-refractivity contribution is 7.80. The zero-order chi connectivity index (χ0) is 19.8. The standard InChI is InChI=1S/C22H21N3O2S/c26-20(19-11-10-17-8-4-5-9-18(17)14-19)12-13-21(27)24-25-22(28)23-15-16-6-2-1-3-7-16/h1-11,14H,12-13,15H2,(H,24,27)(H2,23,25,28). The van der Waals surface area contributed by atoms with E-state index in [2.05, 4.69) is 16.2 Å². The van der Waals surface area contributed by atoms with Gasteiger partial charge in [0.25, 0.3) is 0 Å². The Kier molecular flexibility index (Phi) is 6.70. The van der Waals surface area contributed by atoms with E-state index in [1.165, 1.54) is 0 Å². The van der Waals surface area contributed by atoms with Gasteiger partial charge in [-0.25, -0.2) is 0 Å². The van der Waals surface area contributed by atoms with Crippen molar-refractivity contribution in [3.63, 3.8) is 0 Å². The van der Waals surface area contributed by atoms with E-state index < -0.39 is 0 Å². The van der Waals surface area contributed by atoms with Gasteiger partial charge in [0, 0.05) is 24.9 Å². The fraction of sp³-hybridized carbons (Fsp3) is 0.136. The molecule has 6 heteroatoms. The summed E-state index contributed by atoms with van der Waals surface area (Å²) in [5, 5.41) is 5.41. The summed E-state index contributed by atoms with van der Waals surface area (Å²) < 4.78 is 0. The molecule has 0 fully saturated rings. The van der Waals surface area contributed by atoms with Gasteiger partial charge in [0.2, 0.25) is 5.91 Å². The van der Waals surface area contributed by atoms with Crippen molar-refractivity contribution in [1.29, 1.82) is 0 Å². The van der Waals surface area contributed by atoms with Crippen LogP contribution in [-0.4, -0.2) is 16.8 Å². The summed E-state index contributed by atoms with van der Waals surface area (Å²) in [4.78, 5) is 24.3. The lowest BCUT2D eigenvalue weighted by Crippen LogP contribution is -2.46. The highest BCUT2D eigenvalue weighted by Crippen LogP contribution is 2.17. The number of carbonyl (C=O) groups is 2. The Morgan fingerprint density at radius 2 is 1.50 bits per heavy atom. The zero-order valence-corrected chi connectivity index (χ0v) is 16.1. The van der Waals surface area contributed by atoms with Gasteiger partial charge in [-0.2, -0.15) is 0 Å². The monoisotopic (exact) mass is 391 g/mol. The van der Waals surface area contributed by atoms with Crippen molar-refractivity contribution < 1.29 is 9.59 Å². The Morgan fingerprint density at radius 1 is 0.786 bits per heavy atom. The minimum Gasteiger partial charge on any atom is -0.357 e. The first kappa shape index (κ1) is 19.5. The molecule has 3 aromatic rings. The molecule has 3 aromatic carbocycles. The molecule has 0 heterocycles. The molecule has 28 heavy (non-hydrogen) atoms. The number of carbonyl (C=O) groups excluding carboxylic acids is 2. The maximum absolute atomic E-state index is 12.4. The van der Waals surface area contributed by atoms with E-state index in [0.717, 1.165) is 16.3 Å². The van der Waals surface area contributed by atoms with Gasteiger partial charge in [-0.15, -0.1) is 0 Å². The van der Waals surface area contributed by atoms with Gasteiger partial charge in [-0.1, -0.05) is 66.7 Å². The van der Waals surface area contributed by atoms with Crippen LogP contribution in [0.15, 0.2) is 72.8 Å². The van der Waals surface area contributed by atoms with Crippen LogP contribution in [0.2, 0.25) is 0 Å². The average Bonchev–Trinajstić information content (AvgIpc) is 2.75. The molecule has 0 aliphatic heterocycles. The molecule has 3 rings (SSSR count). The van der Waals surface area contributed by atoms with Crippen LogP contribution in [0.3, 0.4) is 0 Å². The lowest BCUT2D eigenvalue weighted by Gasteiger charge is -2.11. The van der Waals surface area contributed by atoms with E-state index in [9.17, 15) is 9.59 Å². The number of thiocarbonyl (C=S) groups is 1. The number of fused-ring (bicyclic) bond motifs is 1. The molecule has 0 aliphatic carbocycles. The fourth-order valence-electron chi connectivity index (χ4n) is 2.75. The molecule has 0 radical (unpaired) electrons. The van der Waals surface area contributed by atoms with Crippen molar-refractivity contribution in [3.8, 4) is 0 Å². The number of Topliss-reactive ketones (excluding diaryl/α,β-unsaturated/α-hetero) is 1. The molecule has 0 saturated heterocycles. The first-order valence-electron chi connectivity index (χ1n) is 9.00. The summed E-state index contributed by atoms with van der Waals surface area (Å²) >= 11 is 5.12. The third kappa shape index (κ3) is 5.62. The van der Waals surface area contributed by atoms with E-state index in [1.54, 1.807) is 6.07 Å². The van der Waals surface area contributed by atoms with Crippen LogP contribution in [0.25, 0.3) is 10.8 Å². The van der Waals surface area contributed by atoms with Crippen molar-refractivity contribution in [1.82, 2.24) is 16.2 Å². The van der Waals surface area contributed by atoms with Gasteiger partial charge >= 0.3 is 0 Å². The Labute approximate surface area is 169 Å². The largest absolute Gasteiger partial charge is 0.357 e. The van der Waals surface area contributed by atoms with Crippen molar-refractivity contribution in [2.24, 2.45) is 0 Å². The molecule has 0 aliphatic rings. The first-order valence-corrected chi connectivity index (χ1v) is 9.41. The van der Waals surface area contributed by atoms with Crippen LogP contribution in [0.5, 0.6) is 0 Å². The van der Waals surface area contributed by atoms with Crippen LogP contribution in [0.1, 0.15) is 28.8 Å². The number of hydrazine groups is 1. The highest BCUT2D eigenvalue weighted by Gasteiger charge is 2.10. The number of amides is 1. The van der Waals surface area contributed by atoms with E-state index in [1.807, 2.05) is 66.7 Å². The molecule has 0 unspecified atom stereocenters. The first-order chi connectivity index (χ1) is 13.6. The molecule has 0 saturated carbocycles. The number of ketones is 1. The smallest absolute Gasteiger partial charge is 0.238 e. The van der Waals surface area contributed by atoms with Crippen molar-refractivity contribution >= 4 is 39.8 Å². The summed E-state index contributed by atoms with van der Waals surface area (Å²) in [6.07, 6.45) is 0.218. The highest BCUT2D eigenvalue weighted by atomic mass is 32.1. The minimum absolute atomic E-state index is 0.0642. The normalized spacial score (nSPS) is 10.3. The number of rotatable bonds is 6. The SMILES string of the molecule is O=C(CCC(=O)c1ccc2ccccc2c1)NNC(=S)NCc1ccccc1. The molecule has 0 atom stereocenters. The molecule has 5 nitrogen and oxygen atoms in total. The number of hydrogen-bond donors (Lipinski definition) is 3. The van der Waals surface area contributed by atoms with Gasteiger partial charge in [-0.3, -0.25) is 20.4 Å². The molecular weight excluding hydrogens is 370 g/mol. The maximum atomic E-state index is 12.4. The Hall–Kier alpha value is -3.25. The van der Waals surface area contributed by atoms with E-state index in [-0.39, 0.29) is 24.5 Å². The number of nitrogens with one attached hydrogen (secondary N) is 3. The molecule has 0 spiro atoms. The van der Waals surface area contributed by atoms with Gasteiger partial charge in [0.05, 0.1) is 0 Å². The Bertz CT molecular complexity index is 989. The van der Waals surface area contributed by atoms with E-state index >= 15 is 0 Å². The van der Waals surface area contributed by atoms with Crippen LogP contribution in [0, 0.1) is 0 Å². The van der Waals surface area contributed by atoms with Gasteiger partial charge < -0.3 is 5.32 Å².